The molecule has 0 fully saturated rings. The van der Waals surface area contributed by atoms with Gasteiger partial charge in [-0.05, 0) is 44.5 Å². The Morgan fingerprint density at radius 1 is 0.500 bits per heavy atom. The van der Waals surface area contributed by atoms with Crippen molar-refractivity contribution in [2.24, 2.45) is 0 Å². The van der Waals surface area contributed by atoms with Gasteiger partial charge in [-0.25, -0.2) is 0 Å². The summed E-state index contributed by atoms with van der Waals surface area (Å²) in [5, 5.41) is 51.5. The lowest BCUT2D eigenvalue weighted by Crippen LogP contribution is -2.09. The predicted molar refractivity (Wildman–Crippen MR) is 167 cm³/mol. The first-order valence-electron chi connectivity index (χ1n) is 15.1. The molecule has 2 aromatic heterocycles. The number of aromatic hydroxyl groups is 2. The third-order valence-corrected chi connectivity index (χ3v) is 8.21. The van der Waals surface area contributed by atoms with Crippen LogP contribution in [0.4, 0.5) is 0 Å². The van der Waals surface area contributed by atoms with Gasteiger partial charge in [0.2, 0.25) is 0 Å². The van der Waals surface area contributed by atoms with E-state index in [1.807, 2.05) is 72.8 Å². The second-order valence-electron chi connectivity index (χ2n) is 11.2. The minimum Gasteiger partial charge on any atom is -0.507 e. The summed E-state index contributed by atoms with van der Waals surface area (Å²) in [6.07, 6.45) is 2.75. The predicted octanol–water partition coefficient (Wildman–Crippen LogP) is 4.04. The van der Waals surface area contributed by atoms with Crippen molar-refractivity contribution in [3.63, 3.8) is 0 Å². The number of phenols is 2. The van der Waals surface area contributed by atoms with Crippen molar-refractivity contribution in [1.82, 2.24) is 41.2 Å². The number of aromatic nitrogens is 8. The molecular formula is C34H32N8O4. The largest absolute Gasteiger partial charge is 0.507 e. The molecule has 0 unspecified atom stereocenters. The molecule has 0 amide bonds. The average Bonchev–Trinajstić information content (AvgIpc) is 3.78. The van der Waals surface area contributed by atoms with Gasteiger partial charge in [0.05, 0.1) is 13.2 Å². The number of aromatic amines is 2. The molecule has 0 saturated heterocycles. The van der Waals surface area contributed by atoms with Crippen LogP contribution >= 0.6 is 0 Å². The van der Waals surface area contributed by atoms with E-state index in [9.17, 15) is 10.2 Å². The third kappa shape index (κ3) is 6.23. The molecule has 1 aliphatic carbocycles. The van der Waals surface area contributed by atoms with Gasteiger partial charge < -0.3 is 19.7 Å². The lowest BCUT2D eigenvalue weighted by atomic mass is 9.91. The van der Waals surface area contributed by atoms with Gasteiger partial charge in [0.25, 0.3) is 0 Å². The first-order chi connectivity index (χ1) is 22.6. The molecule has 0 aliphatic heterocycles. The van der Waals surface area contributed by atoms with Crippen LogP contribution in [-0.4, -0.2) is 64.7 Å². The van der Waals surface area contributed by atoms with Gasteiger partial charge in [-0.1, -0.05) is 83.2 Å². The average molecular weight is 617 g/mol. The fourth-order valence-electron chi connectivity index (χ4n) is 5.95. The summed E-state index contributed by atoms with van der Waals surface area (Å²) in [6, 6.07) is 23.7. The number of hydrogen-bond donors (Lipinski definition) is 4. The van der Waals surface area contributed by atoms with Crippen LogP contribution in [0, 0.1) is 0 Å². The zero-order valence-electron chi connectivity index (χ0n) is 25.0. The summed E-state index contributed by atoms with van der Waals surface area (Å²) in [6.45, 7) is 0.678. The highest BCUT2D eigenvalue weighted by atomic mass is 16.5. The highest BCUT2D eigenvalue weighted by Gasteiger charge is 2.20. The number of hydrogen-bond acceptors (Lipinski definition) is 10. The van der Waals surface area contributed by atoms with Crippen molar-refractivity contribution >= 4 is 0 Å². The number of tetrazole rings is 2. The van der Waals surface area contributed by atoms with E-state index in [0.717, 1.165) is 56.0 Å². The number of ether oxygens (including phenoxy) is 2. The molecule has 0 atom stereocenters. The summed E-state index contributed by atoms with van der Waals surface area (Å²) in [5.74, 6) is 3.04. The molecule has 1 aliphatic rings. The fraction of sp³-hybridized carbons (Fsp3) is 0.235. The van der Waals surface area contributed by atoms with Gasteiger partial charge in [0.1, 0.15) is 23.0 Å². The van der Waals surface area contributed by atoms with Crippen molar-refractivity contribution in [1.29, 1.82) is 0 Å². The van der Waals surface area contributed by atoms with Crippen molar-refractivity contribution in [2.45, 2.75) is 38.5 Å². The Labute approximate surface area is 264 Å². The quantitative estimate of drug-likeness (QED) is 0.196. The Kier molecular flexibility index (Phi) is 8.23. The van der Waals surface area contributed by atoms with Crippen LogP contribution in [0.2, 0.25) is 0 Å². The van der Waals surface area contributed by atoms with Gasteiger partial charge in [-0.3, -0.25) is 0 Å². The second kappa shape index (κ2) is 13.1. The molecule has 4 N–H and O–H groups in total. The summed E-state index contributed by atoms with van der Waals surface area (Å²) < 4.78 is 12.8. The van der Waals surface area contributed by atoms with Crippen LogP contribution in [0.25, 0.3) is 0 Å². The minimum absolute atomic E-state index is 0.240. The van der Waals surface area contributed by atoms with Crippen molar-refractivity contribution in [3.8, 4) is 23.0 Å². The van der Waals surface area contributed by atoms with Crippen LogP contribution in [0.5, 0.6) is 23.0 Å². The maximum atomic E-state index is 11.6. The van der Waals surface area contributed by atoms with Gasteiger partial charge in [0.15, 0.2) is 11.6 Å². The van der Waals surface area contributed by atoms with E-state index in [2.05, 4.69) is 41.2 Å². The van der Waals surface area contributed by atoms with Crippen LogP contribution < -0.4 is 9.47 Å². The maximum Gasteiger partial charge on any atom is 0.177 e. The number of benzene rings is 4. The van der Waals surface area contributed by atoms with Crippen LogP contribution in [0.15, 0.2) is 72.8 Å². The van der Waals surface area contributed by atoms with E-state index in [-0.39, 0.29) is 11.5 Å². The minimum atomic E-state index is 0.240. The third-order valence-electron chi connectivity index (χ3n) is 8.21. The molecule has 0 spiro atoms. The molecule has 6 aromatic rings. The Morgan fingerprint density at radius 2 is 0.826 bits per heavy atom. The molecule has 4 aromatic carbocycles. The van der Waals surface area contributed by atoms with Crippen molar-refractivity contribution < 1.29 is 19.7 Å². The first kappa shape index (κ1) is 29.0. The molecular weight excluding hydrogens is 584 g/mol. The molecule has 0 radical (unpaired) electrons. The highest BCUT2D eigenvalue weighted by molar-refractivity contribution is 5.55. The molecule has 8 bridgehead atoms. The topological polar surface area (TPSA) is 168 Å². The number of H-pyrrole nitrogens is 2. The van der Waals surface area contributed by atoms with E-state index in [1.54, 1.807) is 0 Å². The Morgan fingerprint density at radius 3 is 1.13 bits per heavy atom. The van der Waals surface area contributed by atoms with Gasteiger partial charge >= 0.3 is 0 Å². The van der Waals surface area contributed by atoms with E-state index in [4.69, 9.17) is 9.47 Å². The van der Waals surface area contributed by atoms with Crippen LogP contribution in [0.3, 0.4) is 0 Å². The number of rotatable bonds is 8. The zero-order valence-corrected chi connectivity index (χ0v) is 25.0. The normalized spacial score (nSPS) is 12.5. The summed E-state index contributed by atoms with van der Waals surface area (Å²) >= 11 is 0. The van der Waals surface area contributed by atoms with Crippen LogP contribution in [-0.2, 0) is 38.5 Å². The smallest absolute Gasteiger partial charge is 0.177 e. The summed E-state index contributed by atoms with van der Waals surface area (Å²) in [5.41, 5.74) is 6.83. The van der Waals surface area contributed by atoms with E-state index in [1.165, 1.54) is 0 Å². The van der Waals surface area contributed by atoms with Gasteiger partial charge in [0, 0.05) is 38.5 Å². The SMILES string of the molecule is Oc1c2cccc1Cc1cccc(c1OCCc1nn[nH]n1)Cc1cccc(c1O)Cc1cccc(c1OCCc1nn[nH]n1)C2. The second-order valence-corrected chi connectivity index (χ2v) is 11.2. The van der Waals surface area contributed by atoms with E-state index < -0.39 is 0 Å². The fourth-order valence-corrected chi connectivity index (χ4v) is 5.95. The van der Waals surface area contributed by atoms with Crippen molar-refractivity contribution in [3.05, 3.63) is 129 Å². The molecule has 7 rings (SSSR count). The summed E-state index contributed by atoms with van der Waals surface area (Å²) in [7, 11) is 0. The van der Waals surface area contributed by atoms with Gasteiger partial charge in [-0.15, -0.1) is 20.4 Å². The number of nitrogens with zero attached hydrogens (tertiary/aromatic N) is 6. The Balaban J connectivity index is 1.29. The monoisotopic (exact) mass is 616 g/mol. The molecule has 46 heavy (non-hydrogen) atoms. The number of phenolic OH excluding ortho intramolecular Hbond substituents is 2. The van der Waals surface area contributed by atoms with Gasteiger partial charge in [-0.2, -0.15) is 10.4 Å². The first-order valence-corrected chi connectivity index (χ1v) is 15.1. The van der Waals surface area contributed by atoms with E-state index in [0.29, 0.717) is 63.4 Å². The lowest BCUT2D eigenvalue weighted by molar-refractivity contribution is 0.313. The molecule has 12 heteroatoms. The molecule has 232 valence electrons. The number of nitrogens with one attached hydrogen (secondary N) is 2. The summed E-state index contributed by atoms with van der Waals surface area (Å²) in [4.78, 5) is 0. The van der Waals surface area contributed by atoms with E-state index >= 15 is 0 Å². The highest BCUT2D eigenvalue weighted by Crippen LogP contribution is 2.38. The number of para-hydroxylation sites is 4. The number of fused-ring (bicyclic) bond motifs is 8. The zero-order chi connectivity index (χ0) is 31.3. The Bertz CT molecular complexity index is 1720. The van der Waals surface area contributed by atoms with Crippen LogP contribution in [0.1, 0.15) is 56.2 Å². The molecule has 0 saturated carbocycles. The van der Waals surface area contributed by atoms with Crippen molar-refractivity contribution in [2.75, 3.05) is 13.2 Å². The molecule has 2 heterocycles. The maximum absolute atomic E-state index is 11.6. The molecule has 12 nitrogen and oxygen atoms in total. The standard InChI is InChI=1S/C34H32N8O4/c43-31-21-5-1-6-22(31)18-26-10-4-12-28(34(26)46-16-14-30-37-41-42-38-30)20-24-8-2-7-23(32(24)44)19-27-11-3-9-25(17-21)33(27)45-15-13-29-35-39-40-36-29/h1-12,43-44H,13-20H2,(H,35,36,39,40)(H,37,38,41,42). The lowest BCUT2D eigenvalue weighted by Gasteiger charge is -2.20. The Hall–Kier alpha value is -5.78.